The van der Waals surface area contributed by atoms with E-state index in [1.807, 2.05) is 54.6 Å². The van der Waals surface area contributed by atoms with Crippen molar-refractivity contribution in [3.8, 4) is 21.0 Å². The molecule has 0 unspecified atom stereocenters. The Morgan fingerprint density at radius 2 is 1.50 bits per heavy atom. The van der Waals surface area contributed by atoms with Gasteiger partial charge in [-0.3, -0.25) is 4.79 Å². The Kier molecular flexibility index (Phi) is 6.72. The van der Waals surface area contributed by atoms with Gasteiger partial charge in [-0.05, 0) is 48.1 Å². The molecule has 1 heterocycles. The van der Waals surface area contributed by atoms with Crippen molar-refractivity contribution in [2.24, 2.45) is 5.73 Å². The summed E-state index contributed by atoms with van der Waals surface area (Å²) in [6, 6.07) is 22.3. The lowest BCUT2D eigenvalue weighted by Gasteiger charge is -2.11. The summed E-state index contributed by atoms with van der Waals surface area (Å²) in [4.78, 5) is 17.2. The lowest BCUT2D eigenvalue weighted by Crippen LogP contribution is -2.19. The van der Waals surface area contributed by atoms with E-state index < -0.39 is 5.91 Å². The molecule has 0 saturated heterocycles. The van der Waals surface area contributed by atoms with Gasteiger partial charge < -0.3 is 16.4 Å². The molecule has 0 aliphatic heterocycles. The maximum Gasteiger partial charge on any atom is 0.268 e. The van der Waals surface area contributed by atoms with Crippen LogP contribution in [0.5, 0.6) is 0 Å². The molecule has 1 aromatic heterocycles. The van der Waals surface area contributed by atoms with Crippen LogP contribution in [0.2, 0.25) is 10.0 Å². The van der Waals surface area contributed by atoms with E-state index in [9.17, 15) is 4.79 Å². The second-order valence-electron chi connectivity index (χ2n) is 6.74. The fourth-order valence-electron chi connectivity index (χ4n) is 3.01. The summed E-state index contributed by atoms with van der Waals surface area (Å²) in [6.07, 6.45) is 0. The van der Waals surface area contributed by atoms with Gasteiger partial charge in [-0.2, -0.15) is 0 Å². The number of carbonyl (C=O) groups excluding carboxylic acids is 1. The van der Waals surface area contributed by atoms with E-state index >= 15 is 0 Å². The molecule has 0 aliphatic rings. The number of thiazole rings is 1. The number of anilines is 2. The Labute approximate surface area is 204 Å². The molecule has 0 aliphatic carbocycles. The first-order chi connectivity index (χ1) is 15.4. The second-order valence-corrected chi connectivity index (χ2v) is 9.02. The minimum Gasteiger partial charge on any atom is -0.364 e. The van der Waals surface area contributed by atoms with E-state index in [1.54, 1.807) is 18.2 Å². The van der Waals surface area contributed by atoms with Gasteiger partial charge in [0.25, 0.3) is 5.91 Å². The van der Waals surface area contributed by atoms with Crippen LogP contribution in [0, 0.1) is 0 Å². The number of hydrogen-bond acceptors (Lipinski definition) is 4. The van der Waals surface area contributed by atoms with E-state index in [0.29, 0.717) is 20.8 Å². The van der Waals surface area contributed by atoms with Crippen LogP contribution in [0.3, 0.4) is 0 Å². The van der Waals surface area contributed by atoms with Crippen LogP contribution in [0.4, 0.5) is 11.4 Å². The minimum atomic E-state index is -0.564. The standard InChI is InChI=1S/C23H16Cl2N4OS2/c24-15-10-16(25)12-18(11-15)28-23(31)27-17-8-6-13(7-9-17)20-19(21(26)30)29-22(32-20)14-4-2-1-3-5-14/h1-12H,(H2,26,30)(H2,27,28,31). The quantitative estimate of drug-likeness (QED) is 0.267. The maximum atomic E-state index is 12.0. The number of amides is 1. The first-order valence-electron chi connectivity index (χ1n) is 9.39. The Balaban J connectivity index is 1.53. The molecular weight excluding hydrogens is 483 g/mol. The predicted molar refractivity (Wildman–Crippen MR) is 138 cm³/mol. The fraction of sp³-hybridized carbons (Fsp3) is 0. The number of hydrogen-bond donors (Lipinski definition) is 3. The first-order valence-corrected chi connectivity index (χ1v) is 11.4. The predicted octanol–water partition coefficient (Wildman–Crippen LogP) is 6.69. The van der Waals surface area contributed by atoms with Crippen molar-refractivity contribution in [2.75, 3.05) is 10.6 Å². The molecule has 32 heavy (non-hydrogen) atoms. The summed E-state index contributed by atoms with van der Waals surface area (Å²) < 4.78 is 0. The number of aromatic nitrogens is 1. The highest BCUT2D eigenvalue weighted by atomic mass is 35.5. The molecule has 3 aromatic carbocycles. The van der Waals surface area contributed by atoms with Crippen LogP contribution >= 0.6 is 46.8 Å². The molecule has 0 bridgehead atoms. The highest BCUT2D eigenvalue weighted by molar-refractivity contribution is 7.80. The number of thiocarbonyl (C=S) groups is 1. The van der Waals surface area contributed by atoms with E-state index in [4.69, 9.17) is 41.2 Å². The SMILES string of the molecule is NC(=O)c1nc(-c2ccccc2)sc1-c1ccc(NC(=S)Nc2cc(Cl)cc(Cl)c2)cc1. The molecule has 0 fully saturated rings. The molecule has 4 rings (SSSR count). The van der Waals surface area contributed by atoms with Crippen molar-refractivity contribution in [1.29, 1.82) is 0 Å². The largest absolute Gasteiger partial charge is 0.364 e. The molecule has 0 spiro atoms. The van der Waals surface area contributed by atoms with Crippen molar-refractivity contribution >= 4 is 69.2 Å². The third-order valence-electron chi connectivity index (χ3n) is 4.41. The number of rotatable bonds is 5. The van der Waals surface area contributed by atoms with Crippen molar-refractivity contribution < 1.29 is 4.79 Å². The van der Waals surface area contributed by atoms with Crippen molar-refractivity contribution in [1.82, 2.24) is 4.98 Å². The van der Waals surface area contributed by atoms with Gasteiger partial charge in [0.05, 0.1) is 4.88 Å². The summed E-state index contributed by atoms with van der Waals surface area (Å²) in [6.45, 7) is 0. The van der Waals surface area contributed by atoms with Gasteiger partial charge in [0.15, 0.2) is 5.11 Å². The Morgan fingerprint density at radius 1 is 0.875 bits per heavy atom. The van der Waals surface area contributed by atoms with Crippen molar-refractivity contribution in [3.63, 3.8) is 0 Å². The summed E-state index contributed by atoms with van der Waals surface area (Å²) >= 11 is 18.8. The number of nitrogens with one attached hydrogen (secondary N) is 2. The van der Waals surface area contributed by atoms with Gasteiger partial charge in [-0.25, -0.2) is 4.98 Å². The van der Waals surface area contributed by atoms with Gasteiger partial charge >= 0.3 is 0 Å². The number of benzene rings is 3. The number of primary amides is 1. The highest BCUT2D eigenvalue weighted by Crippen LogP contribution is 2.35. The number of halogens is 2. The Hall–Kier alpha value is -2.97. The first kappa shape index (κ1) is 22.2. The lowest BCUT2D eigenvalue weighted by molar-refractivity contribution is 0.0997. The van der Waals surface area contributed by atoms with Crippen LogP contribution < -0.4 is 16.4 Å². The van der Waals surface area contributed by atoms with Crippen LogP contribution in [0.25, 0.3) is 21.0 Å². The topological polar surface area (TPSA) is 80.0 Å². The lowest BCUT2D eigenvalue weighted by atomic mass is 10.1. The van der Waals surface area contributed by atoms with E-state index in [1.165, 1.54) is 11.3 Å². The molecule has 0 atom stereocenters. The van der Waals surface area contributed by atoms with Gasteiger partial charge in [-0.15, -0.1) is 11.3 Å². The van der Waals surface area contributed by atoms with Crippen LogP contribution in [-0.4, -0.2) is 16.0 Å². The van der Waals surface area contributed by atoms with E-state index in [2.05, 4.69) is 15.6 Å². The Morgan fingerprint density at radius 3 is 2.12 bits per heavy atom. The molecule has 5 nitrogen and oxygen atoms in total. The van der Waals surface area contributed by atoms with Crippen LogP contribution in [0.1, 0.15) is 10.5 Å². The van der Waals surface area contributed by atoms with Gasteiger partial charge in [0, 0.05) is 27.0 Å². The smallest absolute Gasteiger partial charge is 0.268 e. The van der Waals surface area contributed by atoms with Crippen LogP contribution in [0.15, 0.2) is 72.8 Å². The zero-order valence-corrected chi connectivity index (χ0v) is 19.6. The summed E-state index contributed by atoms with van der Waals surface area (Å²) in [5, 5.41) is 8.30. The zero-order chi connectivity index (χ0) is 22.7. The molecule has 0 radical (unpaired) electrons. The minimum absolute atomic E-state index is 0.254. The molecule has 9 heteroatoms. The normalized spacial score (nSPS) is 10.6. The number of nitrogens with zero attached hydrogens (tertiary/aromatic N) is 1. The third-order valence-corrected chi connectivity index (χ3v) is 6.20. The average Bonchev–Trinajstić information content (AvgIpc) is 3.20. The molecule has 1 amide bonds. The summed E-state index contributed by atoms with van der Waals surface area (Å²) in [5.74, 6) is -0.564. The Bertz CT molecular complexity index is 1270. The fourth-order valence-corrected chi connectivity index (χ4v) is 4.85. The third kappa shape index (κ3) is 5.26. The van der Waals surface area contributed by atoms with E-state index in [0.717, 1.165) is 26.7 Å². The van der Waals surface area contributed by atoms with Crippen molar-refractivity contribution in [3.05, 3.63) is 88.5 Å². The van der Waals surface area contributed by atoms with Gasteiger partial charge in [0.1, 0.15) is 10.7 Å². The van der Waals surface area contributed by atoms with Crippen molar-refractivity contribution in [2.45, 2.75) is 0 Å². The molecule has 160 valence electrons. The zero-order valence-electron chi connectivity index (χ0n) is 16.4. The number of carbonyl (C=O) groups is 1. The molecular formula is C23H16Cl2N4OS2. The van der Waals surface area contributed by atoms with Gasteiger partial charge in [0.2, 0.25) is 0 Å². The van der Waals surface area contributed by atoms with Gasteiger partial charge in [-0.1, -0.05) is 65.7 Å². The maximum absolute atomic E-state index is 12.0. The number of nitrogens with two attached hydrogens (primary N) is 1. The second kappa shape index (κ2) is 9.67. The van der Waals surface area contributed by atoms with E-state index in [-0.39, 0.29) is 5.69 Å². The average molecular weight is 499 g/mol. The molecule has 0 saturated carbocycles. The highest BCUT2D eigenvalue weighted by Gasteiger charge is 2.18. The molecule has 4 N–H and O–H groups in total. The monoisotopic (exact) mass is 498 g/mol. The molecule has 4 aromatic rings. The summed E-state index contributed by atoms with van der Waals surface area (Å²) in [7, 11) is 0. The summed E-state index contributed by atoms with van der Waals surface area (Å²) in [5.41, 5.74) is 9.06. The van der Waals surface area contributed by atoms with Crippen LogP contribution in [-0.2, 0) is 0 Å².